The lowest BCUT2D eigenvalue weighted by molar-refractivity contribution is 0.0697. The van der Waals surface area contributed by atoms with Gasteiger partial charge in [-0.3, -0.25) is 0 Å². The van der Waals surface area contributed by atoms with Crippen LogP contribution in [0.1, 0.15) is 38.1 Å². The van der Waals surface area contributed by atoms with Gasteiger partial charge in [-0.15, -0.1) is 0 Å². The summed E-state index contributed by atoms with van der Waals surface area (Å²) in [5, 5.41) is 8.97. The van der Waals surface area contributed by atoms with Gasteiger partial charge in [0.2, 0.25) is 0 Å². The first-order valence-electron chi connectivity index (χ1n) is 6.47. The highest BCUT2D eigenvalue weighted by Gasteiger charge is 2.21. The van der Waals surface area contributed by atoms with Gasteiger partial charge < -0.3 is 9.67 Å². The summed E-state index contributed by atoms with van der Waals surface area (Å²) in [5.74, 6) is -0.413. The lowest BCUT2D eigenvalue weighted by atomic mass is 9.82. The third-order valence-corrected chi connectivity index (χ3v) is 3.82. The summed E-state index contributed by atoms with van der Waals surface area (Å²) >= 11 is 0. The van der Waals surface area contributed by atoms with Gasteiger partial charge >= 0.3 is 5.97 Å². The van der Waals surface area contributed by atoms with Crippen molar-refractivity contribution in [2.45, 2.75) is 34.2 Å². The SMILES string of the molecule is CC(Cn1cnc2cc(C(=O)O)ccc21)C(C)(C)C. The van der Waals surface area contributed by atoms with Crippen molar-refractivity contribution >= 4 is 17.0 Å². The molecule has 1 aromatic carbocycles. The quantitative estimate of drug-likeness (QED) is 0.920. The van der Waals surface area contributed by atoms with Crippen LogP contribution in [0.15, 0.2) is 24.5 Å². The number of carboxylic acids is 1. The van der Waals surface area contributed by atoms with E-state index in [1.807, 2.05) is 6.07 Å². The van der Waals surface area contributed by atoms with Crippen LogP contribution in [0, 0.1) is 11.3 Å². The maximum absolute atomic E-state index is 10.9. The number of rotatable bonds is 3. The average Bonchev–Trinajstić information content (AvgIpc) is 2.70. The molecule has 0 saturated heterocycles. The van der Waals surface area contributed by atoms with Crippen molar-refractivity contribution in [2.24, 2.45) is 11.3 Å². The van der Waals surface area contributed by atoms with Crippen molar-refractivity contribution in [3.05, 3.63) is 30.1 Å². The standard InChI is InChI=1S/C15H20N2O2/c1-10(15(2,3)4)8-17-9-16-12-7-11(14(18)19)5-6-13(12)17/h5-7,9-10H,8H2,1-4H3,(H,18,19). The van der Waals surface area contributed by atoms with E-state index in [4.69, 9.17) is 5.11 Å². The zero-order valence-corrected chi connectivity index (χ0v) is 11.8. The summed E-state index contributed by atoms with van der Waals surface area (Å²) in [7, 11) is 0. The molecule has 19 heavy (non-hydrogen) atoms. The number of imidazole rings is 1. The number of benzene rings is 1. The van der Waals surface area contributed by atoms with E-state index in [2.05, 4.69) is 37.2 Å². The third kappa shape index (κ3) is 2.78. The van der Waals surface area contributed by atoms with Crippen molar-refractivity contribution in [2.75, 3.05) is 0 Å². The van der Waals surface area contributed by atoms with Crippen molar-refractivity contribution < 1.29 is 9.90 Å². The summed E-state index contributed by atoms with van der Waals surface area (Å²) < 4.78 is 2.09. The largest absolute Gasteiger partial charge is 0.478 e. The molecule has 1 unspecified atom stereocenters. The summed E-state index contributed by atoms with van der Waals surface area (Å²) in [4.78, 5) is 15.2. The van der Waals surface area contributed by atoms with E-state index < -0.39 is 5.97 Å². The fourth-order valence-electron chi connectivity index (χ4n) is 1.91. The summed E-state index contributed by atoms with van der Waals surface area (Å²) in [6.07, 6.45) is 1.79. The lowest BCUT2D eigenvalue weighted by Crippen LogP contribution is -2.22. The molecule has 0 amide bonds. The molecule has 0 saturated carbocycles. The minimum atomic E-state index is -0.917. The van der Waals surface area contributed by atoms with Crippen LogP contribution in [0.5, 0.6) is 0 Å². The monoisotopic (exact) mass is 260 g/mol. The first kappa shape index (κ1) is 13.6. The van der Waals surface area contributed by atoms with Gasteiger partial charge in [0.15, 0.2) is 0 Å². The van der Waals surface area contributed by atoms with E-state index in [9.17, 15) is 4.79 Å². The average molecular weight is 260 g/mol. The fourth-order valence-corrected chi connectivity index (χ4v) is 1.91. The number of hydrogen-bond donors (Lipinski definition) is 1. The van der Waals surface area contributed by atoms with Gasteiger partial charge in [-0.05, 0) is 29.5 Å². The molecule has 2 rings (SSSR count). The topological polar surface area (TPSA) is 55.1 Å². The van der Waals surface area contributed by atoms with Crippen molar-refractivity contribution in [1.29, 1.82) is 0 Å². The highest BCUT2D eigenvalue weighted by molar-refractivity contribution is 5.92. The van der Waals surface area contributed by atoms with Crippen LogP contribution in [-0.2, 0) is 6.54 Å². The van der Waals surface area contributed by atoms with Gasteiger partial charge in [-0.2, -0.15) is 0 Å². The Kier molecular flexibility index (Phi) is 3.35. The smallest absolute Gasteiger partial charge is 0.335 e. The number of hydrogen-bond acceptors (Lipinski definition) is 2. The van der Waals surface area contributed by atoms with E-state index in [1.54, 1.807) is 18.5 Å². The number of fused-ring (bicyclic) bond motifs is 1. The van der Waals surface area contributed by atoms with Crippen LogP contribution in [0.2, 0.25) is 0 Å². The molecule has 0 aliphatic heterocycles. The molecular formula is C15H20N2O2. The molecule has 0 bridgehead atoms. The molecule has 0 radical (unpaired) electrons. The Morgan fingerprint density at radius 1 is 1.42 bits per heavy atom. The Hall–Kier alpha value is -1.84. The van der Waals surface area contributed by atoms with Gasteiger partial charge in [-0.1, -0.05) is 27.7 Å². The number of aromatic nitrogens is 2. The molecule has 0 aliphatic rings. The van der Waals surface area contributed by atoms with E-state index >= 15 is 0 Å². The van der Waals surface area contributed by atoms with Gasteiger partial charge in [0.25, 0.3) is 0 Å². The molecule has 1 N–H and O–H groups in total. The van der Waals surface area contributed by atoms with Crippen molar-refractivity contribution in [1.82, 2.24) is 9.55 Å². The predicted octanol–water partition coefficient (Wildman–Crippen LogP) is 3.42. The van der Waals surface area contributed by atoms with Crippen LogP contribution in [-0.4, -0.2) is 20.6 Å². The first-order valence-corrected chi connectivity index (χ1v) is 6.47. The van der Waals surface area contributed by atoms with E-state index in [0.29, 0.717) is 5.92 Å². The predicted molar refractivity (Wildman–Crippen MR) is 75.3 cm³/mol. The highest BCUT2D eigenvalue weighted by atomic mass is 16.4. The highest BCUT2D eigenvalue weighted by Crippen LogP contribution is 2.28. The molecule has 4 heteroatoms. The maximum Gasteiger partial charge on any atom is 0.335 e. The molecule has 0 spiro atoms. The molecule has 0 fully saturated rings. The fraction of sp³-hybridized carbons (Fsp3) is 0.467. The van der Waals surface area contributed by atoms with Crippen LogP contribution in [0.25, 0.3) is 11.0 Å². The lowest BCUT2D eigenvalue weighted by Gasteiger charge is -2.27. The van der Waals surface area contributed by atoms with E-state index in [0.717, 1.165) is 17.6 Å². The second kappa shape index (κ2) is 4.68. The molecular weight excluding hydrogens is 240 g/mol. The van der Waals surface area contributed by atoms with Gasteiger partial charge in [-0.25, -0.2) is 9.78 Å². The zero-order chi connectivity index (χ0) is 14.2. The van der Waals surface area contributed by atoms with Crippen LogP contribution in [0.3, 0.4) is 0 Å². The van der Waals surface area contributed by atoms with Gasteiger partial charge in [0, 0.05) is 6.54 Å². The van der Waals surface area contributed by atoms with Crippen molar-refractivity contribution in [3.63, 3.8) is 0 Å². The minimum absolute atomic E-state index is 0.234. The number of carbonyl (C=O) groups is 1. The Bertz CT molecular complexity index is 608. The molecule has 0 aliphatic carbocycles. The number of nitrogens with zero attached hydrogens (tertiary/aromatic N) is 2. The molecule has 102 valence electrons. The number of aromatic carboxylic acids is 1. The summed E-state index contributed by atoms with van der Waals surface area (Å²) in [6.45, 7) is 9.77. The van der Waals surface area contributed by atoms with Gasteiger partial charge in [0.05, 0.1) is 22.9 Å². The Morgan fingerprint density at radius 3 is 2.68 bits per heavy atom. The third-order valence-electron chi connectivity index (χ3n) is 3.82. The second-order valence-corrected chi connectivity index (χ2v) is 6.17. The van der Waals surface area contributed by atoms with Crippen LogP contribution < -0.4 is 0 Å². The van der Waals surface area contributed by atoms with E-state index in [-0.39, 0.29) is 11.0 Å². The minimum Gasteiger partial charge on any atom is -0.478 e. The zero-order valence-electron chi connectivity index (χ0n) is 11.8. The first-order chi connectivity index (χ1) is 8.79. The Morgan fingerprint density at radius 2 is 2.11 bits per heavy atom. The maximum atomic E-state index is 10.9. The van der Waals surface area contributed by atoms with Crippen LogP contribution >= 0.6 is 0 Å². The Labute approximate surface area is 113 Å². The number of carboxylic acid groups (broad SMARTS) is 1. The molecule has 4 nitrogen and oxygen atoms in total. The molecule has 1 aromatic heterocycles. The molecule has 2 aromatic rings. The molecule has 1 atom stereocenters. The van der Waals surface area contributed by atoms with Crippen LogP contribution in [0.4, 0.5) is 0 Å². The Balaban J connectivity index is 2.34. The summed E-state index contributed by atoms with van der Waals surface area (Å²) in [5.41, 5.74) is 2.24. The van der Waals surface area contributed by atoms with E-state index in [1.165, 1.54) is 0 Å². The summed E-state index contributed by atoms with van der Waals surface area (Å²) in [6, 6.07) is 5.09. The second-order valence-electron chi connectivity index (χ2n) is 6.17. The normalized spacial score (nSPS) is 13.7. The molecule has 1 heterocycles. The van der Waals surface area contributed by atoms with Crippen molar-refractivity contribution in [3.8, 4) is 0 Å². The van der Waals surface area contributed by atoms with Gasteiger partial charge in [0.1, 0.15) is 0 Å².